The highest BCUT2D eigenvalue weighted by molar-refractivity contribution is 7.89. The highest BCUT2D eigenvalue weighted by Gasteiger charge is 2.48. The summed E-state index contributed by atoms with van der Waals surface area (Å²) in [6.45, 7) is 0.704. The molecule has 0 saturated heterocycles. The third-order valence-electron chi connectivity index (χ3n) is 4.95. The number of hydrogen-bond acceptors (Lipinski definition) is 4. The lowest BCUT2D eigenvalue weighted by Gasteiger charge is -2.42. The molecule has 126 valence electrons. The van der Waals surface area contributed by atoms with Crippen molar-refractivity contribution in [3.8, 4) is 0 Å². The van der Waals surface area contributed by atoms with Crippen LogP contribution in [0, 0.1) is 11.3 Å². The van der Waals surface area contributed by atoms with Gasteiger partial charge >= 0.3 is 6.03 Å². The van der Waals surface area contributed by atoms with Crippen LogP contribution in [0.15, 0.2) is 23.2 Å². The normalized spacial score (nSPS) is 19.7. The molecule has 23 heavy (non-hydrogen) atoms. The van der Waals surface area contributed by atoms with Crippen molar-refractivity contribution in [3.05, 3.63) is 18.3 Å². The zero-order valence-corrected chi connectivity index (χ0v) is 13.9. The van der Waals surface area contributed by atoms with E-state index >= 15 is 0 Å². The molecule has 2 aliphatic carbocycles. The molecule has 0 aliphatic heterocycles. The van der Waals surface area contributed by atoms with E-state index < -0.39 is 10.0 Å². The van der Waals surface area contributed by atoms with Gasteiger partial charge in [0.25, 0.3) is 0 Å². The maximum absolute atomic E-state index is 12.0. The summed E-state index contributed by atoms with van der Waals surface area (Å²) < 4.78 is 25.4. The van der Waals surface area contributed by atoms with Crippen LogP contribution in [0.5, 0.6) is 0 Å². The monoisotopic (exact) mass is 338 g/mol. The molecule has 3 N–H and O–H groups in total. The van der Waals surface area contributed by atoms with Gasteiger partial charge in [0.05, 0.1) is 0 Å². The van der Waals surface area contributed by atoms with Crippen molar-refractivity contribution in [1.29, 1.82) is 0 Å². The smallest absolute Gasteiger partial charge is 0.320 e. The van der Waals surface area contributed by atoms with Crippen molar-refractivity contribution in [3.63, 3.8) is 0 Å². The maximum atomic E-state index is 12.0. The number of aromatic nitrogens is 1. The molecule has 0 aromatic carbocycles. The van der Waals surface area contributed by atoms with E-state index in [0.717, 1.165) is 5.92 Å². The molecule has 2 fully saturated rings. The van der Waals surface area contributed by atoms with E-state index in [1.165, 1.54) is 57.5 Å². The van der Waals surface area contributed by atoms with Gasteiger partial charge in [-0.15, -0.1) is 0 Å². The zero-order valence-electron chi connectivity index (χ0n) is 13.1. The number of nitrogens with zero attached hydrogens (tertiary/aromatic N) is 1. The van der Waals surface area contributed by atoms with E-state index in [4.69, 9.17) is 0 Å². The van der Waals surface area contributed by atoms with E-state index in [0.29, 0.717) is 17.8 Å². The molecule has 1 heterocycles. The lowest BCUT2D eigenvalue weighted by atomic mass is 9.65. The number of rotatable bonds is 6. The van der Waals surface area contributed by atoms with Crippen LogP contribution >= 0.6 is 0 Å². The second kappa shape index (κ2) is 6.09. The number of pyridine rings is 1. The number of urea groups is 1. The standard InChI is InChI=1S/C15H22N4O3S/c1-16-23(21,22)12-5-6-13(17-9-12)19-14(20)18-10-15(7-2-8-15)11-3-4-11/h5-6,9,11,16H,2-4,7-8,10H2,1H3,(H2,17,18,19,20). The molecule has 0 spiro atoms. The van der Waals surface area contributed by atoms with Crippen LogP contribution < -0.4 is 15.4 Å². The van der Waals surface area contributed by atoms with Gasteiger partial charge in [0.15, 0.2) is 0 Å². The fourth-order valence-electron chi connectivity index (χ4n) is 3.20. The Kier molecular flexibility index (Phi) is 4.29. The number of anilines is 1. The third kappa shape index (κ3) is 3.48. The lowest BCUT2D eigenvalue weighted by molar-refractivity contribution is 0.103. The molecule has 7 nitrogen and oxygen atoms in total. The Labute approximate surface area is 136 Å². The second-order valence-corrected chi connectivity index (χ2v) is 8.27. The van der Waals surface area contributed by atoms with E-state index in [9.17, 15) is 13.2 Å². The van der Waals surface area contributed by atoms with Crippen molar-refractivity contribution >= 4 is 21.9 Å². The van der Waals surface area contributed by atoms with E-state index in [-0.39, 0.29) is 10.9 Å². The van der Waals surface area contributed by atoms with Gasteiger partial charge < -0.3 is 5.32 Å². The fourth-order valence-corrected chi connectivity index (χ4v) is 3.88. The molecule has 2 amide bonds. The Morgan fingerprint density at radius 1 is 1.35 bits per heavy atom. The number of amides is 2. The van der Waals surface area contributed by atoms with Crippen molar-refractivity contribution < 1.29 is 13.2 Å². The number of sulfonamides is 1. The quantitative estimate of drug-likeness (QED) is 0.735. The number of carbonyl (C=O) groups is 1. The Morgan fingerprint density at radius 3 is 2.57 bits per heavy atom. The van der Waals surface area contributed by atoms with Gasteiger partial charge in [-0.3, -0.25) is 5.32 Å². The van der Waals surface area contributed by atoms with Crippen LogP contribution in [0.25, 0.3) is 0 Å². The third-order valence-corrected chi connectivity index (χ3v) is 6.35. The van der Waals surface area contributed by atoms with Crippen molar-refractivity contribution in [1.82, 2.24) is 15.0 Å². The summed E-state index contributed by atoms with van der Waals surface area (Å²) in [7, 11) is -2.17. The first-order valence-corrected chi connectivity index (χ1v) is 9.38. The van der Waals surface area contributed by atoms with E-state index in [1.807, 2.05) is 0 Å². The van der Waals surface area contributed by atoms with Crippen LogP contribution in [0.2, 0.25) is 0 Å². The Morgan fingerprint density at radius 2 is 2.09 bits per heavy atom. The van der Waals surface area contributed by atoms with Gasteiger partial charge in [-0.25, -0.2) is 22.9 Å². The largest absolute Gasteiger partial charge is 0.337 e. The molecule has 1 aromatic rings. The minimum absolute atomic E-state index is 0.0631. The van der Waals surface area contributed by atoms with E-state index in [2.05, 4.69) is 20.3 Å². The predicted octanol–water partition coefficient (Wildman–Crippen LogP) is 1.69. The molecular weight excluding hydrogens is 316 g/mol. The van der Waals surface area contributed by atoms with Crippen LogP contribution in [-0.4, -0.2) is 33.0 Å². The van der Waals surface area contributed by atoms with Crippen LogP contribution in [0.3, 0.4) is 0 Å². The Balaban J connectivity index is 1.53. The van der Waals surface area contributed by atoms with Gasteiger partial charge in [-0.2, -0.15) is 0 Å². The highest BCUT2D eigenvalue weighted by Crippen LogP contribution is 2.56. The average molecular weight is 338 g/mol. The summed E-state index contributed by atoms with van der Waals surface area (Å²) in [6.07, 6.45) is 7.44. The molecule has 8 heteroatoms. The van der Waals surface area contributed by atoms with Crippen LogP contribution in [0.4, 0.5) is 10.6 Å². The predicted molar refractivity (Wildman–Crippen MR) is 86.5 cm³/mol. The van der Waals surface area contributed by atoms with Crippen molar-refractivity contribution in [2.75, 3.05) is 18.9 Å². The maximum Gasteiger partial charge on any atom is 0.320 e. The second-order valence-electron chi connectivity index (χ2n) is 6.38. The topological polar surface area (TPSA) is 100 Å². The summed E-state index contributed by atoms with van der Waals surface area (Å²) in [4.78, 5) is 16.0. The summed E-state index contributed by atoms with van der Waals surface area (Å²) in [5.74, 6) is 1.10. The first-order chi connectivity index (χ1) is 11.0. The highest BCUT2D eigenvalue weighted by atomic mass is 32.2. The molecule has 2 saturated carbocycles. The minimum Gasteiger partial charge on any atom is -0.337 e. The summed E-state index contributed by atoms with van der Waals surface area (Å²) in [5, 5.41) is 5.57. The molecule has 0 unspecified atom stereocenters. The lowest BCUT2D eigenvalue weighted by Crippen LogP contribution is -2.45. The first kappa shape index (κ1) is 16.2. The number of nitrogens with one attached hydrogen (secondary N) is 3. The van der Waals surface area contributed by atoms with Crippen LogP contribution in [0.1, 0.15) is 32.1 Å². The average Bonchev–Trinajstić information content (AvgIpc) is 3.32. The SMILES string of the molecule is CNS(=O)(=O)c1ccc(NC(=O)NCC2(C3CC3)CCC2)nc1. The van der Waals surface area contributed by atoms with E-state index in [1.54, 1.807) is 0 Å². The van der Waals surface area contributed by atoms with Gasteiger partial charge in [-0.05, 0) is 56.2 Å². The summed E-state index contributed by atoms with van der Waals surface area (Å²) in [6, 6.07) is 2.59. The summed E-state index contributed by atoms with van der Waals surface area (Å²) >= 11 is 0. The number of hydrogen-bond donors (Lipinski definition) is 3. The Bertz CT molecular complexity index is 679. The van der Waals surface area contributed by atoms with Crippen LogP contribution in [-0.2, 0) is 10.0 Å². The molecule has 3 rings (SSSR count). The van der Waals surface area contributed by atoms with Gasteiger partial charge in [0.1, 0.15) is 10.7 Å². The molecule has 0 radical (unpaired) electrons. The molecule has 0 atom stereocenters. The fraction of sp³-hybridized carbons (Fsp3) is 0.600. The zero-order chi connectivity index (χ0) is 16.5. The van der Waals surface area contributed by atoms with Crippen molar-refractivity contribution in [2.45, 2.75) is 37.0 Å². The Hall–Kier alpha value is -1.67. The van der Waals surface area contributed by atoms with Gasteiger partial charge in [-0.1, -0.05) is 6.42 Å². The first-order valence-electron chi connectivity index (χ1n) is 7.90. The molecular formula is C15H22N4O3S. The van der Waals surface area contributed by atoms with Crippen molar-refractivity contribution in [2.24, 2.45) is 11.3 Å². The summed E-state index contributed by atoms with van der Waals surface area (Å²) in [5.41, 5.74) is 0.315. The van der Waals surface area contributed by atoms with Gasteiger partial charge in [0, 0.05) is 12.7 Å². The molecule has 0 bridgehead atoms. The molecule has 2 aliphatic rings. The minimum atomic E-state index is -3.51. The number of carbonyl (C=O) groups excluding carboxylic acids is 1. The van der Waals surface area contributed by atoms with Gasteiger partial charge in [0.2, 0.25) is 10.0 Å². The molecule has 1 aromatic heterocycles.